The van der Waals surface area contributed by atoms with Crippen LogP contribution in [0.1, 0.15) is 49.1 Å². The van der Waals surface area contributed by atoms with Crippen LogP contribution < -0.4 is 10.9 Å². The predicted molar refractivity (Wildman–Crippen MR) is 125 cm³/mol. The van der Waals surface area contributed by atoms with Gasteiger partial charge in [0.05, 0.1) is 5.56 Å². The number of carboxylic acid groups (broad SMARTS) is 1. The summed E-state index contributed by atoms with van der Waals surface area (Å²) in [5, 5.41) is 11.8. The molecular weight excluding hydrogens is 453 g/mol. The number of likely N-dealkylation sites (tertiary alicyclic amines) is 1. The van der Waals surface area contributed by atoms with Crippen molar-refractivity contribution in [2.24, 2.45) is 5.92 Å². The molecule has 0 saturated carbocycles. The minimum atomic E-state index is -1.09. The first kappa shape index (κ1) is 22.5. The van der Waals surface area contributed by atoms with Crippen LogP contribution >= 0.6 is 0 Å². The zero-order valence-electron chi connectivity index (χ0n) is 18.6. The van der Waals surface area contributed by atoms with Gasteiger partial charge in [-0.2, -0.15) is 0 Å². The van der Waals surface area contributed by atoms with Crippen LogP contribution in [0.5, 0.6) is 0 Å². The number of piperidine rings is 1. The molecule has 3 aromatic rings. The first-order valence-corrected chi connectivity index (χ1v) is 11.2. The number of fused-ring (bicyclic) bond motifs is 4. The summed E-state index contributed by atoms with van der Waals surface area (Å²) in [6, 6.07) is 14.4. The van der Waals surface area contributed by atoms with E-state index in [4.69, 9.17) is 0 Å². The Morgan fingerprint density at radius 2 is 1.66 bits per heavy atom. The van der Waals surface area contributed by atoms with E-state index in [9.17, 15) is 28.7 Å². The van der Waals surface area contributed by atoms with Gasteiger partial charge in [-0.15, -0.1) is 0 Å². The monoisotopic (exact) mass is 475 g/mol. The Hall–Kier alpha value is -4.27. The molecule has 0 aliphatic carbocycles. The number of aromatic carboxylic acids is 1. The summed E-state index contributed by atoms with van der Waals surface area (Å²) in [4.78, 5) is 51.8. The molecule has 8 nitrogen and oxygen atoms in total. The second kappa shape index (κ2) is 8.83. The zero-order valence-corrected chi connectivity index (χ0v) is 18.6. The molecule has 0 radical (unpaired) electrons. The van der Waals surface area contributed by atoms with Crippen molar-refractivity contribution in [2.75, 3.05) is 18.4 Å². The number of hydrogen-bond donors (Lipinski definition) is 2. The van der Waals surface area contributed by atoms with Crippen LogP contribution in [0, 0.1) is 11.7 Å². The number of anilines is 1. The highest BCUT2D eigenvalue weighted by Gasteiger charge is 2.37. The van der Waals surface area contributed by atoms with Gasteiger partial charge >= 0.3 is 5.97 Å². The van der Waals surface area contributed by atoms with Gasteiger partial charge in [0.25, 0.3) is 17.4 Å². The molecule has 178 valence electrons. The van der Waals surface area contributed by atoms with E-state index in [1.165, 1.54) is 36.4 Å². The van der Waals surface area contributed by atoms with Crippen LogP contribution in [0.2, 0.25) is 0 Å². The van der Waals surface area contributed by atoms with Crippen molar-refractivity contribution in [3.63, 3.8) is 0 Å². The second-order valence-electron chi connectivity index (χ2n) is 8.94. The minimum absolute atomic E-state index is 0.0496. The van der Waals surface area contributed by atoms with E-state index < -0.39 is 17.7 Å². The molecule has 5 rings (SSSR count). The molecule has 2 aliphatic heterocycles. The van der Waals surface area contributed by atoms with Crippen molar-refractivity contribution < 1.29 is 23.9 Å². The maximum Gasteiger partial charge on any atom is 0.335 e. The lowest BCUT2D eigenvalue weighted by molar-refractivity contribution is 0.0594. The Bertz CT molecular complexity index is 1400. The van der Waals surface area contributed by atoms with Gasteiger partial charge in [-0.05, 0) is 66.9 Å². The van der Waals surface area contributed by atoms with Gasteiger partial charge in [0.2, 0.25) is 0 Å². The topological polar surface area (TPSA) is 109 Å². The van der Waals surface area contributed by atoms with E-state index >= 15 is 0 Å². The highest BCUT2D eigenvalue weighted by molar-refractivity contribution is 6.04. The minimum Gasteiger partial charge on any atom is -0.478 e. The fraction of sp³-hybridized carbons (Fsp3) is 0.231. The lowest BCUT2D eigenvalue weighted by atomic mass is 9.83. The van der Waals surface area contributed by atoms with Crippen LogP contribution in [0.25, 0.3) is 0 Å². The number of aromatic nitrogens is 1. The average molecular weight is 475 g/mol. The number of carbonyl (C=O) groups excluding carboxylic acids is 2. The molecule has 2 aromatic carbocycles. The van der Waals surface area contributed by atoms with Gasteiger partial charge in [-0.25, -0.2) is 9.18 Å². The maximum absolute atomic E-state index is 13.2. The van der Waals surface area contributed by atoms with Crippen LogP contribution in [0.3, 0.4) is 0 Å². The summed E-state index contributed by atoms with van der Waals surface area (Å²) in [6.45, 7) is 1.27. The molecule has 1 aromatic heterocycles. The SMILES string of the molecule is O=C(O)c1cccc(C(=O)N2C[C@H]3C[C@H](C2)c2ccc(NC(=O)c4ccc(F)cc4)c(=O)n2C3)c1. The Kier molecular flexibility index (Phi) is 5.68. The lowest BCUT2D eigenvalue weighted by Gasteiger charge is -2.43. The number of nitrogens with one attached hydrogen (secondary N) is 1. The van der Waals surface area contributed by atoms with E-state index in [1.807, 2.05) is 0 Å². The van der Waals surface area contributed by atoms with Crippen molar-refractivity contribution >= 4 is 23.5 Å². The molecular formula is C26H22FN3O5. The van der Waals surface area contributed by atoms with Crippen LogP contribution in [-0.4, -0.2) is 45.4 Å². The van der Waals surface area contributed by atoms with Crippen molar-refractivity contribution in [3.8, 4) is 0 Å². The Morgan fingerprint density at radius 3 is 2.40 bits per heavy atom. The normalized spacial score (nSPS) is 18.5. The molecule has 3 heterocycles. The summed E-state index contributed by atoms with van der Waals surface area (Å²) >= 11 is 0. The second-order valence-corrected chi connectivity index (χ2v) is 8.94. The van der Waals surface area contributed by atoms with E-state index in [1.54, 1.807) is 33.7 Å². The number of carboxylic acids is 1. The van der Waals surface area contributed by atoms with Gasteiger partial charge in [-0.1, -0.05) is 6.07 Å². The number of carbonyl (C=O) groups is 3. The molecule has 35 heavy (non-hydrogen) atoms. The molecule has 1 fully saturated rings. The molecule has 0 unspecified atom stereocenters. The number of benzene rings is 2. The third-order valence-corrected chi connectivity index (χ3v) is 6.60. The van der Waals surface area contributed by atoms with Crippen LogP contribution in [-0.2, 0) is 6.54 Å². The summed E-state index contributed by atoms with van der Waals surface area (Å²) in [6.07, 6.45) is 0.833. The largest absolute Gasteiger partial charge is 0.478 e. The molecule has 2 N–H and O–H groups in total. The zero-order chi connectivity index (χ0) is 24.7. The quantitative estimate of drug-likeness (QED) is 0.603. The first-order valence-electron chi connectivity index (χ1n) is 11.2. The summed E-state index contributed by atoms with van der Waals surface area (Å²) in [5.41, 5.74) is 1.23. The summed E-state index contributed by atoms with van der Waals surface area (Å²) < 4.78 is 14.8. The van der Waals surface area contributed by atoms with E-state index in [2.05, 4.69) is 5.32 Å². The third-order valence-electron chi connectivity index (χ3n) is 6.60. The first-order chi connectivity index (χ1) is 16.8. The van der Waals surface area contributed by atoms with Crippen molar-refractivity contribution in [1.29, 1.82) is 0 Å². The molecule has 2 atom stereocenters. The van der Waals surface area contributed by atoms with Gasteiger partial charge in [-0.3, -0.25) is 14.4 Å². The van der Waals surface area contributed by atoms with Gasteiger partial charge in [0.15, 0.2) is 0 Å². The summed E-state index contributed by atoms with van der Waals surface area (Å²) in [5.74, 6) is -2.28. The maximum atomic E-state index is 13.2. The Labute approximate surface area is 199 Å². The summed E-state index contributed by atoms with van der Waals surface area (Å²) in [7, 11) is 0. The highest BCUT2D eigenvalue weighted by Crippen LogP contribution is 2.36. The number of amides is 2. The third kappa shape index (κ3) is 4.32. The standard InChI is InChI=1S/C26H22FN3O5/c27-20-6-4-16(5-7-20)23(31)28-21-8-9-22-19-10-15(13-30(22)25(21)33)12-29(14-19)24(32)17-2-1-3-18(11-17)26(34)35/h1-9,11,15,19H,10,12-14H2,(H,28,31)(H,34,35)/t15-,19-/m1/s1. The van der Waals surface area contributed by atoms with E-state index in [0.717, 1.165) is 12.1 Å². The van der Waals surface area contributed by atoms with Gasteiger partial charge in [0.1, 0.15) is 11.5 Å². The fourth-order valence-electron chi connectivity index (χ4n) is 4.97. The molecule has 2 bridgehead atoms. The highest BCUT2D eigenvalue weighted by atomic mass is 19.1. The van der Waals surface area contributed by atoms with Crippen molar-refractivity contribution in [3.05, 3.63) is 99.2 Å². The van der Waals surface area contributed by atoms with Gasteiger partial charge < -0.3 is 19.9 Å². The predicted octanol–water partition coefficient (Wildman–Crippen LogP) is 3.20. The number of rotatable bonds is 4. The molecule has 2 aliphatic rings. The number of pyridine rings is 1. The Morgan fingerprint density at radius 1 is 0.914 bits per heavy atom. The van der Waals surface area contributed by atoms with Crippen LogP contribution in [0.4, 0.5) is 10.1 Å². The average Bonchev–Trinajstić information content (AvgIpc) is 2.86. The molecule has 9 heteroatoms. The fourth-order valence-corrected chi connectivity index (χ4v) is 4.97. The molecule has 1 saturated heterocycles. The van der Waals surface area contributed by atoms with Crippen LogP contribution in [0.15, 0.2) is 65.5 Å². The van der Waals surface area contributed by atoms with Crippen molar-refractivity contribution in [1.82, 2.24) is 9.47 Å². The number of nitrogens with zero attached hydrogens (tertiary/aromatic N) is 2. The van der Waals surface area contributed by atoms with E-state index in [0.29, 0.717) is 25.2 Å². The smallest absolute Gasteiger partial charge is 0.335 e. The lowest BCUT2D eigenvalue weighted by Crippen LogP contribution is -2.49. The van der Waals surface area contributed by atoms with E-state index in [-0.39, 0.29) is 40.1 Å². The van der Waals surface area contributed by atoms with Crippen molar-refractivity contribution in [2.45, 2.75) is 18.9 Å². The Balaban J connectivity index is 1.36. The van der Waals surface area contributed by atoms with Gasteiger partial charge in [0, 0.05) is 42.4 Å². The number of halogens is 1. The molecule has 0 spiro atoms. The molecule has 2 amide bonds. The number of hydrogen-bond acceptors (Lipinski definition) is 4.